The van der Waals surface area contributed by atoms with Crippen molar-refractivity contribution < 1.29 is 9.59 Å². The van der Waals surface area contributed by atoms with Crippen molar-refractivity contribution in [3.05, 3.63) is 32.8 Å². The summed E-state index contributed by atoms with van der Waals surface area (Å²) >= 11 is 9.00. The summed E-state index contributed by atoms with van der Waals surface area (Å²) in [6.45, 7) is 1.40. The summed E-state index contributed by atoms with van der Waals surface area (Å²) < 4.78 is 0.559. The highest BCUT2D eigenvalue weighted by molar-refractivity contribution is 9.10. The third kappa shape index (κ3) is 2.17. The van der Waals surface area contributed by atoms with Crippen LogP contribution in [0.2, 0.25) is 5.02 Å². The van der Waals surface area contributed by atoms with Crippen molar-refractivity contribution in [1.29, 1.82) is 0 Å². The van der Waals surface area contributed by atoms with E-state index in [1.807, 2.05) is 0 Å². The Morgan fingerprint density at radius 1 is 1.54 bits per heavy atom. The lowest BCUT2D eigenvalue weighted by Gasteiger charge is -2.03. The van der Waals surface area contributed by atoms with E-state index in [1.54, 1.807) is 6.07 Å². The highest BCUT2D eigenvalue weighted by Crippen LogP contribution is 2.27. The number of benzene rings is 1. The maximum absolute atomic E-state index is 11.1. The molecule has 0 unspecified atom stereocenters. The largest absolute Gasteiger partial charge is 0.298 e. The Kier molecular flexibility index (Phi) is 3.22. The zero-order chi connectivity index (χ0) is 10.0. The molecule has 0 amide bonds. The van der Waals surface area contributed by atoms with Crippen LogP contribution in [0, 0.1) is 0 Å². The minimum absolute atomic E-state index is 0.158. The molecule has 0 saturated carbocycles. The molecular formula is C9H6BrClO2. The molecule has 0 N–H and O–H groups in total. The lowest BCUT2D eigenvalue weighted by molar-refractivity contribution is 0.101. The third-order valence-corrected chi connectivity index (χ3v) is 2.83. The van der Waals surface area contributed by atoms with E-state index in [9.17, 15) is 9.59 Å². The molecule has 2 nitrogen and oxygen atoms in total. The Morgan fingerprint density at radius 2 is 2.15 bits per heavy atom. The molecule has 1 aromatic carbocycles. The van der Waals surface area contributed by atoms with Crippen LogP contribution in [0.3, 0.4) is 0 Å². The first-order chi connectivity index (χ1) is 6.06. The van der Waals surface area contributed by atoms with Gasteiger partial charge in [-0.05, 0) is 35.0 Å². The van der Waals surface area contributed by atoms with E-state index in [0.717, 1.165) is 0 Å². The molecule has 0 aromatic heterocycles. The molecule has 0 aliphatic heterocycles. The molecule has 0 saturated heterocycles. The lowest BCUT2D eigenvalue weighted by atomic mass is 10.1. The molecule has 13 heavy (non-hydrogen) atoms. The summed E-state index contributed by atoms with van der Waals surface area (Å²) in [6.07, 6.45) is 0.674. The Hall–Kier alpha value is -0.670. The van der Waals surface area contributed by atoms with Gasteiger partial charge in [0, 0.05) is 15.6 Å². The second-order valence-corrected chi connectivity index (χ2v) is 3.77. The zero-order valence-corrected chi connectivity index (χ0v) is 9.15. The van der Waals surface area contributed by atoms with Crippen molar-refractivity contribution in [2.24, 2.45) is 0 Å². The molecule has 0 radical (unpaired) electrons. The molecule has 1 aromatic rings. The first-order valence-corrected chi connectivity index (χ1v) is 4.68. The van der Waals surface area contributed by atoms with Crippen LogP contribution < -0.4 is 0 Å². The summed E-state index contributed by atoms with van der Waals surface area (Å²) in [5.41, 5.74) is 0.791. The van der Waals surface area contributed by atoms with Gasteiger partial charge in [0.25, 0.3) is 0 Å². The summed E-state index contributed by atoms with van der Waals surface area (Å²) in [5, 5.41) is 0.345. The van der Waals surface area contributed by atoms with Gasteiger partial charge in [0.15, 0.2) is 5.78 Å². The van der Waals surface area contributed by atoms with Gasteiger partial charge >= 0.3 is 0 Å². The van der Waals surface area contributed by atoms with Crippen molar-refractivity contribution in [2.45, 2.75) is 6.92 Å². The van der Waals surface area contributed by atoms with E-state index in [0.29, 0.717) is 26.9 Å². The molecule has 0 spiro atoms. The summed E-state index contributed by atoms with van der Waals surface area (Å²) in [6, 6.07) is 3.05. The van der Waals surface area contributed by atoms with Gasteiger partial charge in [-0.2, -0.15) is 0 Å². The first-order valence-electron chi connectivity index (χ1n) is 3.51. The predicted octanol–water partition coefficient (Wildman–Crippen LogP) is 3.12. The number of hydrogen-bond acceptors (Lipinski definition) is 2. The smallest absolute Gasteiger partial charge is 0.161 e. The van der Waals surface area contributed by atoms with Crippen molar-refractivity contribution in [2.75, 3.05) is 0 Å². The third-order valence-electron chi connectivity index (χ3n) is 1.57. The van der Waals surface area contributed by atoms with Gasteiger partial charge < -0.3 is 0 Å². The van der Waals surface area contributed by atoms with E-state index >= 15 is 0 Å². The zero-order valence-electron chi connectivity index (χ0n) is 6.80. The average molecular weight is 262 g/mol. The number of ketones is 1. The molecule has 0 aliphatic rings. The van der Waals surface area contributed by atoms with Gasteiger partial charge in [-0.3, -0.25) is 9.59 Å². The van der Waals surface area contributed by atoms with E-state index in [-0.39, 0.29) is 5.78 Å². The number of rotatable bonds is 2. The first kappa shape index (κ1) is 10.4. The van der Waals surface area contributed by atoms with E-state index in [2.05, 4.69) is 15.9 Å². The van der Waals surface area contributed by atoms with Gasteiger partial charge in [-0.15, -0.1) is 0 Å². The molecule has 0 aliphatic carbocycles. The fraction of sp³-hybridized carbons (Fsp3) is 0.111. The second kappa shape index (κ2) is 4.03. The minimum Gasteiger partial charge on any atom is -0.298 e. The standard InChI is InChI=1S/C9H6BrClO2/c1-5(13)7-2-6(4-12)3-8(10)9(7)11/h2-4H,1H3. The molecule has 0 atom stereocenters. The predicted molar refractivity (Wildman–Crippen MR) is 54.5 cm³/mol. The average Bonchev–Trinajstić information content (AvgIpc) is 2.09. The van der Waals surface area contributed by atoms with Crippen LogP contribution in [-0.2, 0) is 0 Å². The maximum atomic E-state index is 11.1. The number of carbonyl (C=O) groups excluding carboxylic acids is 2. The number of Topliss-reactive ketones (excluding diaryl/α,β-unsaturated/α-hetero) is 1. The molecule has 0 bridgehead atoms. The molecule has 0 fully saturated rings. The number of hydrogen-bond donors (Lipinski definition) is 0. The van der Waals surface area contributed by atoms with Gasteiger partial charge in [0.1, 0.15) is 6.29 Å². The van der Waals surface area contributed by atoms with Crippen LogP contribution in [0.4, 0.5) is 0 Å². The van der Waals surface area contributed by atoms with E-state index in [4.69, 9.17) is 11.6 Å². The molecular weight excluding hydrogens is 255 g/mol. The minimum atomic E-state index is -0.158. The Labute approximate surface area is 89.0 Å². The quantitative estimate of drug-likeness (QED) is 0.605. The van der Waals surface area contributed by atoms with Crippen molar-refractivity contribution in [3.8, 4) is 0 Å². The van der Waals surface area contributed by atoms with Crippen LogP contribution >= 0.6 is 27.5 Å². The van der Waals surface area contributed by atoms with Gasteiger partial charge in [-0.25, -0.2) is 0 Å². The highest BCUT2D eigenvalue weighted by Gasteiger charge is 2.10. The lowest BCUT2D eigenvalue weighted by Crippen LogP contribution is -1.96. The van der Waals surface area contributed by atoms with Crippen molar-refractivity contribution in [1.82, 2.24) is 0 Å². The van der Waals surface area contributed by atoms with Gasteiger partial charge in [0.2, 0.25) is 0 Å². The second-order valence-electron chi connectivity index (χ2n) is 2.54. The normalized spacial score (nSPS) is 9.77. The van der Waals surface area contributed by atoms with E-state index in [1.165, 1.54) is 13.0 Å². The molecule has 1 rings (SSSR count). The van der Waals surface area contributed by atoms with Crippen LogP contribution in [0.25, 0.3) is 0 Å². The molecule has 0 heterocycles. The molecule has 68 valence electrons. The fourth-order valence-corrected chi connectivity index (χ4v) is 1.65. The number of aldehydes is 1. The summed E-state index contributed by atoms with van der Waals surface area (Å²) in [4.78, 5) is 21.5. The SMILES string of the molecule is CC(=O)c1cc(C=O)cc(Br)c1Cl. The maximum Gasteiger partial charge on any atom is 0.161 e. The number of halogens is 2. The van der Waals surface area contributed by atoms with Gasteiger partial charge in [-0.1, -0.05) is 11.6 Å². The number of carbonyl (C=O) groups is 2. The Morgan fingerprint density at radius 3 is 2.62 bits per heavy atom. The van der Waals surface area contributed by atoms with E-state index < -0.39 is 0 Å². The van der Waals surface area contributed by atoms with Crippen LogP contribution in [0.1, 0.15) is 27.6 Å². The molecule has 4 heteroatoms. The van der Waals surface area contributed by atoms with Gasteiger partial charge in [0.05, 0.1) is 5.02 Å². The summed E-state index contributed by atoms with van der Waals surface area (Å²) in [7, 11) is 0. The van der Waals surface area contributed by atoms with Crippen LogP contribution in [-0.4, -0.2) is 12.1 Å². The highest BCUT2D eigenvalue weighted by atomic mass is 79.9. The van der Waals surface area contributed by atoms with Crippen molar-refractivity contribution in [3.63, 3.8) is 0 Å². The van der Waals surface area contributed by atoms with Crippen LogP contribution in [0.15, 0.2) is 16.6 Å². The topological polar surface area (TPSA) is 34.1 Å². The van der Waals surface area contributed by atoms with Crippen LogP contribution in [0.5, 0.6) is 0 Å². The Bertz CT molecular complexity index is 374. The monoisotopic (exact) mass is 260 g/mol. The summed E-state index contributed by atoms with van der Waals surface area (Å²) in [5.74, 6) is -0.158. The Balaban J connectivity index is 3.41. The van der Waals surface area contributed by atoms with Crippen molar-refractivity contribution >= 4 is 39.6 Å². The fourth-order valence-electron chi connectivity index (χ4n) is 0.934.